The molecule has 1 aliphatic heterocycles. The molecule has 0 unspecified atom stereocenters. The molecule has 1 amide bonds. The van der Waals surface area contributed by atoms with Gasteiger partial charge in [0.05, 0.1) is 30.7 Å². The van der Waals surface area contributed by atoms with Crippen LogP contribution in [0.15, 0.2) is 84.1 Å². The molecule has 4 aromatic rings. The summed E-state index contributed by atoms with van der Waals surface area (Å²) in [7, 11) is 3.33. The molecule has 1 saturated heterocycles. The van der Waals surface area contributed by atoms with Crippen molar-refractivity contribution in [1.29, 1.82) is 0 Å². The lowest BCUT2D eigenvalue weighted by Gasteiger charge is -2.16. The Morgan fingerprint density at radius 2 is 1.81 bits per heavy atom. The summed E-state index contributed by atoms with van der Waals surface area (Å²) in [4.78, 5) is 35.5. The zero-order chi connectivity index (χ0) is 37.9. The maximum absolute atomic E-state index is 15.1. The zero-order valence-electron chi connectivity index (χ0n) is 29.9. The van der Waals surface area contributed by atoms with E-state index in [0.29, 0.717) is 46.5 Å². The summed E-state index contributed by atoms with van der Waals surface area (Å²) in [6, 6.07) is 18.3. The Balaban J connectivity index is 0.000000381. The van der Waals surface area contributed by atoms with E-state index in [2.05, 4.69) is 74.1 Å². The number of rotatable bonds is 14. The predicted octanol–water partition coefficient (Wildman–Crippen LogP) is 6.91. The lowest BCUT2D eigenvalue weighted by atomic mass is 10.00. The Kier molecular flexibility index (Phi) is 16.9. The van der Waals surface area contributed by atoms with Crippen molar-refractivity contribution in [2.24, 2.45) is 4.99 Å². The van der Waals surface area contributed by atoms with Crippen molar-refractivity contribution < 1.29 is 23.1 Å². The van der Waals surface area contributed by atoms with Crippen LogP contribution in [-0.4, -0.2) is 74.3 Å². The fourth-order valence-electron chi connectivity index (χ4n) is 5.60. The molecular weight excluding hydrogens is 664 g/mol. The molecule has 0 aliphatic carbocycles. The molecule has 2 heterocycles. The van der Waals surface area contributed by atoms with Gasteiger partial charge < -0.3 is 30.5 Å². The second kappa shape index (κ2) is 21.5. The van der Waals surface area contributed by atoms with Crippen molar-refractivity contribution >= 4 is 24.8 Å². The van der Waals surface area contributed by atoms with E-state index in [1.807, 2.05) is 6.07 Å². The van der Waals surface area contributed by atoms with Gasteiger partial charge in [-0.1, -0.05) is 49.4 Å². The molecule has 274 valence electrons. The molecule has 10 nitrogen and oxygen atoms in total. The number of aromatic nitrogens is 2. The van der Waals surface area contributed by atoms with Crippen molar-refractivity contribution in [3.8, 4) is 35.2 Å². The Bertz CT molecular complexity index is 1790. The topological polar surface area (TPSA) is 124 Å². The second-order valence-corrected chi connectivity index (χ2v) is 11.8. The van der Waals surface area contributed by atoms with E-state index < -0.39 is 18.0 Å². The molecular formula is C40H47F2N7O3. The number of hydrogen-bond donors (Lipinski definition) is 4. The Hall–Kier alpha value is -5.64. The van der Waals surface area contributed by atoms with Gasteiger partial charge in [-0.3, -0.25) is 9.89 Å². The van der Waals surface area contributed by atoms with Crippen LogP contribution >= 0.6 is 0 Å². The zero-order valence-corrected chi connectivity index (χ0v) is 29.9. The minimum atomic E-state index is -0.649. The summed E-state index contributed by atoms with van der Waals surface area (Å²) in [5.74, 6) is 0.0270. The predicted molar refractivity (Wildman–Crippen MR) is 203 cm³/mol. The highest BCUT2D eigenvalue weighted by atomic mass is 19.1. The van der Waals surface area contributed by atoms with E-state index in [-0.39, 0.29) is 11.9 Å². The first kappa shape index (κ1) is 40.8. The van der Waals surface area contributed by atoms with Crippen LogP contribution in [0.1, 0.15) is 55.2 Å². The SMILES string of the molecule is C#C.C=N/C(=C\NCCNCCC)c1ccc(-c2ccc(-c3cnc([C@@H]4CCCN4C)[nH]3)c(F)c2)cc1F.COC(=O)N[C@@H](C=O)c1ccccc1. The van der Waals surface area contributed by atoms with Gasteiger partial charge in [0.15, 0.2) is 0 Å². The number of imidazole rings is 1. The number of halogens is 2. The number of terminal acetylenes is 1. The number of aromatic amines is 1. The monoisotopic (exact) mass is 711 g/mol. The highest BCUT2D eigenvalue weighted by Crippen LogP contribution is 2.32. The smallest absolute Gasteiger partial charge is 0.407 e. The van der Waals surface area contributed by atoms with Gasteiger partial charge in [-0.15, -0.1) is 12.8 Å². The fraction of sp³-hybridized carbons (Fsp3) is 0.300. The number of aldehydes is 1. The summed E-state index contributed by atoms with van der Waals surface area (Å²) >= 11 is 0. The van der Waals surface area contributed by atoms with Crippen LogP contribution in [0.4, 0.5) is 13.6 Å². The number of amides is 1. The average molecular weight is 712 g/mol. The Labute approximate surface area is 304 Å². The number of methoxy groups -OCH3 is 1. The standard InChI is InChI=1S/C28H34F2N6.C10H11NO3.C2H2/c1-4-11-32-12-13-33-17-25(31-2)21-9-7-19(15-23(21)29)20-8-10-22(24(30)16-20)26-18-34-28(35-26)27-6-5-14-36(27)3;1-14-10(13)11-9(7-12)8-5-3-2-4-6-8;1-2/h7-10,15-18,27,32-33H,2,4-6,11-14H2,1,3H3,(H,34,35);2-7,9H,1H3,(H,11,13);1-2H/b25-17-;;/t27-;9-;/m00./s1. The summed E-state index contributed by atoms with van der Waals surface area (Å²) in [6.45, 7) is 9.16. The van der Waals surface area contributed by atoms with Crippen molar-refractivity contribution in [2.75, 3.05) is 40.3 Å². The first-order valence-electron chi connectivity index (χ1n) is 16.9. The van der Waals surface area contributed by atoms with Crippen LogP contribution < -0.4 is 16.0 Å². The van der Waals surface area contributed by atoms with E-state index in [4.69, 9.17) is 0 Å². The molecule has 1 aliphatic rings. The third kappa shape index (κ3) is 11.4. The molecule has 1 fully saturated rings. The van der Waals surface area contributed by atoms with Gasteiger partial charge in [0.1, 0.15) is 29.8 Å². The maximum Gasteiger partial charge on any atom is 0.407 e. The molecule has 5 rings (SSSR count). The number of ether oxygens (including phenoxy) is 1. The van der Waals surface area contributed by atoms with E-state index >= 15 is 4.39 Å². The van der Waals surface area contributed by atoms with E-state index in [0.717, 1.165) is 50.3 Å². The summed E-state index contributed by atoms with van der Waals surface area (Å²) in [5, 5.41) is 8.82. The highest BCUT2D eigenvalue weighted by molar-refractivity contribution is 5.75. The van der Waals surface area contributed by atoms with Crippen LogP contribution in [0.2, 0.25) is 0 Å². The minimum absolute atomic E-state index is 0.236. The highest BCUT2D eigenvalue weighted by Gasteiger charge is 2.25. The molecule has 1 aromatic heterocycles. The molecule has 0 saturated carbocycles. The molecule has 4 N–H and O–H groups in total. The Morgan fingerprint density at radius 3 is 2.40 bits per heavy atom. The van der Waals surface area contributed by atoms with E-state index in [1.165, 1.54) is 19.2 Å². The lowest BCUT2D eigenvalue weighted by Crippen LogP contribution is -2.29. The van der Waals surface area contributed by atoms with Crippen molar-refractivity contribution in [3.05, 3.63) is 108 Å². The number of carbonyl (C=O) groups excluding carboxylic acids is 2. The van der Waals surface area contributed by atoms with Crippen molar-refractivity contribution in [1.82, 2.24) is 30.8 Å². The van der Waals surface area contributed by atoms with Gasteiger partial charge in [0.25, 0.3) is 0 Å². The first-order chi connectivity index (χ1) is 25.3. The van der Waals surface area contributed by atoms with Crippen LogP contribution in [0.5, 0.6) is 0 Å². The number of likely N-dealkylation sites (tertiary alicyclic amines) is 1. The Morgan fingerprint density at radius 1 is 1.10 bits per heavy atom. The number of alkyl carbamates (subject to hydrolysis) is 1. The largest absolute Gasteiger partial charge is 0.453 e. The molecule has 0 spiro atoms. The molecule has 12 heteroatoms. The van der Waals surface area contributed by atoms with E-state index in [9.17, 15) is 14.0 Å². The van der Waals surface area contributed by atoms with Crippen molar-refractivity contribution in [3.63, 3.8) is 0 Å². The molecule has 2 atom stereocenters. The fourth-order valence-corrected chi connectivity index (χ4v) is 5.60. The average Bonchev–Trinajstić information content (AvgIpc) is 3.84. The third-order valence-electron chi connectivity index (χ3n) is 8.30. The van der Waals surface area contributed by atoms with Gasteiger partial charge in [0.2, 0.25) is 0 Å². The van der Waals surface area contributed by atoms with Crippen LogP contribution in [-0.2, 0) is 9.53 Å². The first-order valence-corrected chi connectivity index (χ1v) is 16.9. The number of carbonyl (C=O) groups is 2. The van der Waals surface area contributed by atoms with Crippen LogP contribution in [0, 0.1) is 24.5 Å². The lowest BCUT2D eigenvalue weighted by molar-refractivity contribution is -0.109. The summed E-state index contributed by atoms with van der Waals surface area (Å²) < 4.78 is 34.5. The van der Waals surface area contributed by atoms with Gasteiger partial charge >= 0.3 is 6.09 Å². The second-order valence-electron chi connectivity index (χ2n) is 11.8. The number of nitrogens with zero attached hydrogens (tertiary/aromatic N) is 3. The molecule has 3 aromatic carbocycles. The van der Waals surface area contributed by atoms with Gasteiger partial charge in [0, 0.05) is 30.4 Å². The number of aliphatic imine (C=N–C) groups is 1. The number of benzene rings is 3. The van der Waals surface area contributed by atoms with E-state index in [1.54, 1.807) is 60.9 Å². The van der Waals surface area contributed by atoms with Gasteiger partial charge in [-0.05, 0) is 87.1 Å². The maximum atomic E-state index is 15.1. The third-order valence-corrected chi connectivity index (χ3v) is 8.30. The molecule has 52 heavy (non-hydrogen) atoms. The molecule has 0 radical (unpaired) electrons. The summed E-state index contributed by atoms with van der Waals surface area (Å²) in [6.07, 6.45) is 14.6. The minimum Gasteiger partial charge on any atom is -0.453 e. The number of nitrogens with one attached hydrogen (secondary N) is 4. The quantitative estimate of drug-likeness (QED) is 0.0485. The normalized spacial score (nSPS) is 14.5. The van der Waals surface area contributed by atoms with Gasteiger partial charge in [-0.2, -0.15) is 0 Å². The number of hydrogen-bond acceptors (Lipinski definition) is 8. The van der Waals surface area contributed by atoms with Gasteiger partial charge in [-0.25, -0.2) is 18.6 Å². The van der Waals surface area contributed by atoms with Crippen LogP contribution in [0.25, 0.3) is 28.1 Å². The summed E-state index contributed by atoms with van der Waals surface area (Å²) in [5.41, 5.74) is 3.73. The van der Waals surface area contributed by atoms with Crippen molar-refractivity contribution in [2.45, 2.75) is 38.3 Å². The number of H-pyrrole nitrogens is 1. The molecule has 0 bridgehead atoms. The van der Waals surface area contributed by atoms with Crippen LogP contribution in [0.3, 0.4) is 0 Å².